The molecule has 1 atom stereocenters. The van der Waals surface area contributed by atoms with Crippen molar-refractivity contribution in [2.45, 2.75) is 39.7 Å². The van der Waals surface area contributed by atoms with E-state index in [0.717, 1.165) is 31.7 Å². The maximum absolute atomic E-state index is 4.56. The third-order valence-corrected chi connectivity index (χ3v) is 4.45. The molecule has 0 saturated carbocycles. The van der Waals surface area contributed by atoms with Crippen LogP contribution < -0.4 is 5.32 Å². The standard InChI is InChI=1S/C17H24BrN3/c1-4-19-12-14(16-8-6-7-9-17(16)18)11-15-10-13(3)20-21(15)5-2/h6-10,14,19H,4-5,11-12H2,1-3H3. The van der Waals surface area contributed by atoms with Crippen LogP contribution >= 0.6 is 15.9 Å². The van der Waals surface area contributed by atoms with Crippen molar-refractivity contribution < 1.29 is 0 Å². The van der Waals surface area contributed by atoms with E-state index in [0.29, 0.717) is 5.92 Å². The second-order valence-electron chi connectivity index (χ2n) is 5.32. The molecule has 21 heavy (non-hydrogen) atoms. The number of hydrogen-bond acceptors (Lipinski definition) is 2. The van der Waals surface area contributed by atoms with Crippen LogP contribution in [0.2, 0.25) is 0 Å². The Labute approximate surface area is 135 Å². The van der Waals surface area contributed by atoms with Gasteiger partial charge in [0.15, 0.2) is 0 Å². The summed E-state index contributed by atoms with van der Waals surface area (Å²) in [5.74, 6) is 0.446. The van der Waals surface area contributed by atoms with E-state index >= 15 is 0 Å². The Bertz CT molecular complexity index is 577. The molecule has 0 amide bonds. The van der Waals surface area contributed by atoms with Gasteiger partial charge in [0, 0.05) is 29.2 Å². The fourth-order valence-corrected chi connectivity index (χ4v) is 3.32. The molecule has 0 fully saturated rings. The molecule has 3 nitrogen and oxygen atoms in total. The van der Waals surface area contributed by atoms with E-state index in [1.54, 1.807) is 0 Å². The molecule has 2 rings (SSSR count). The summed E-state index contributed by atoms with van der Waals surface area (Å²) in [5.41, 5.74) is 3.77. The van der Waals surface area contributed by atoms with Crippen molar-refractivity contribution in [2.75, 3.05) is 13.1 Å². The second kappa shape index (κ2) is 7.76. The van der Waals surface area contributed by atoms with E-state index in [1.165, 1.54) is 15.7 Å². The number of halogens is 1. The molecular weight excluding hydrogens is 326 g/mol. The minimum atomic E-state index is 0.446. The van der Waals surface area contributed by atoms with Crippen LogP contribution in [0, 0.1) is 6.92 Å². The van der Waals surface area contributed by atoms with Crippen molar-refractivity contribution in [3.63, 3.8) is 0 Å². The number of hydrogen-bond donors (Lipinski definition) is 1. The Hall–Kier alpha value is -1.13. The van der Waals surface area contributed by atoms with Crippen LogP contribution in [0.25, 0.3) is 0 Å². The summed E-state index contributed by atoms with van der Waals surface area (Å²) in [6, 6.07) is 10.7. The highest BCUT2D eigenvalue weighted by atomic mass is 79.9. The first-order valence-corrected chi connectivity index (χ1v) is 8.43. The molecule has 0 spiro atoms. The normalized spacial score (nSPS) is 12.6. The number of nitrogens with zero attached hydrogens (tertiary/aromatic N) is 2. The minimum Gasteiger partial charge on any atom is -0.316 e. The Morgan fingerprint density at radius 2 is 2.05 bits per heavy atom. The topological polar surface area (TPSA) is 29.9 Å². The van der Waals surface area contributed by atoms with E-state index in [-0.39, 0.29) is 0 Å². The second-order valence-corrected chi connectivity index (χ2v) is 6.18. The molecule has 1 aromatic heterocycles. The van der Waals surface area contributed by atoms with Crippen LogP contribution in [0.3, 0.4) is 0 Å². The number of aromatic nitrogens is 2. The molecular formula is C17H24BrN3. The summed E-state index contributed by atoms with van der Waals surface area (Å²) in [6.45, 7) is 9.26. The van der Waals surface area contributed by atoms with Crippen LogP contribution in [0.4, 0.5) is 0 Å². The summed E-state index contributed by atoms with van der Waals surface area (Å²) >= 11 is 3.69. The molecule has 0 radical (unpaired) electrons. The molecule has 0 aliphatic carbocycles. The Kier molecular flexibility index (Phi) is 6.00. The molecule has 0 bridgehead atoms. The van der Waals surface area contributed by atoms with Crippen molar-refractivity contribution in [1.29, 1.82) is 0 Å². The van der Waals surface area contributed by atoms with Crippen LogP contribution in [-0.2, 0) is 13.0 Å². The molecule has 4 heteroatoms. The lowest BCUT2D eigenvalue weighted by molar-refractivity contribution is 0.550. The molecule has 0 aliphatic heterocycles. The summed E-state index contributed by atoms with van der Waals surface area (Å²) in [5, 5.41) is 8.05. The first kappa shape index (κ1) is 16.2. The zero-order valence-electron chi connectivity index (χ0n) is 13.1. The summed E-state index contributed by atoms with van der Waals surface area (Å²) in [6.07, 6.45) is 1.00. The number of aryl methyl sites for hydroxylation is 2. The molecule has 1 aromatic carbocycles. The molecule has 114 valence electrons. The third kappa shape index (κ3) is 4.17. The molecule has 0 aliphatic rings. The lowest BCUT2D eigenvalue weighted by Gasteiger charge is -2.19. The smallest absolute Gasteiger partial charge is 0.0596 e. The Morgan fingerprint density at radius 3 is 2.71 bits per heavy atom. The minimum absolute atomic E-state index is 0.446. The van der Waals surface area contributed by atoms with Crippen molar-refractivity contribution in [1.82, 2.24) is 15.1 Å². The van der Waals surface area contributed by atoms with Gasteiger partial charge in [0.25, 0.3) is 0 Å². The zero-order chi connectivity index (χ0) is 15.2. The highest BCUT2D eigenvalue weighted by Crippen LogP contribution is 2.27. The van der Waals surface area contributed by atoms with Crippen molar-refractivity contribution >= 4 is 15.9 Å². The fourth-order valence-electron chi connectivity index (χ4n) is 2.71. The van der Waals surface area contributed by atoms with Gasteiger partial charge in [0.2, 0.25) is 0 Å². The Morgan fingerprint density at radius 1 is 1.29 bits per heavy atom. The highest BCUT2D eigenvalue weighted by Gasteiger charge is 2.17. The van der Waals surface area contributed by atoms with Crippen LogP contribution in [0.5, 0.6) is 0 Å². The third-order valence-electron chi connectivity index (χ3n) is 3.73. The summed E-state index contributed by atoms with van der Waals surface area (Å²) < 4.78 is 3.30. The molecule has 1 N–H and O–H groups in total. The van der Waals surface area contributed by atoms with Crippen LogP contribution in [0.1, 0.15) is 36.7 Å². The fraction of sp³-hybridized carbons (Fsp3) is 0.471. The van der Waals surface area contributed by atoms with Crippen LogP contribution in [-0.4, -0.2) is 22.9 Å². The van der Waals surface area contributed by atoms with Gasteiger partial charge < -0.3 is 5.32 Å². The summed E-state index contributed by atoms with van der Waals surface area (Å²) in [4.78, 5) is 0. The molecule has 0 saturated heterocycles. The first-order valence-electron chi connectivity index (χ1n) is 7.64. The maximum atomic E-state index is 4.56. The van der Waals surface area contributed by atoms with E-state index in [9.17, 15) is 0 Å². The monoisotopic (exact) mass is 349 g/mol. The largest absolute Gasteiger partial charge is 0.316 e. The zero-order valence-corrected chi connectivity index (χ0v) is 14.7. The lowest BCUT2D eigenvalue weighted by atomic mass is 9.94. The van der Waals surface area contributed by atoms with Crippen molar-refractivity contribution in [2.24, 2.45) is 0 Å². The highest BCUT2D eigenvalue weighted by molar-refractivity contribution is 9.10. The van der Waals surface area contributed by atoms with E-state index < -0.39 is 0 Å². The van der Waals surface area contributed by atoms with Gasteiger partial charge >= 0.3 is 0 Å². The number of nitrogens with one attached hydrogen (secondary N) is 1. The first-order chi connectivity index (χ1) is 10.2. The quantitative estimate of drug-likeness (QED) is 0.821. The van der Waals surface area contributed by atoms with Gasteiger partial charge in [-0.25, -0.2) is 0 Å². The molecule has 2 aromatic rings. The predicted octanol–water partition coefficient (Wildman–Crippen LogP) is 3.91. The summed E-state index contributed by atoms with van der Waals surface area (Å²) in [7, 11) is 0. The SMILES string of the molecule is CCNCC(Cc1cc(C)nn1CC)c1ccccc1Br. The van der Waals surface area contributed by atoms with E-state index in [4.69, 9.17) is 0 Å². The molecule has 1 heterocycles. The average Bonchev–Trinajstić information content (AvgIpc) is 2.84. The average molecular weight is 350 g/mol. The van der Waals surface area contributed by atoms with Gasteiger partial charge in [-0.05, 0) is 44.5 Å². The van der Waals surface area contributed by atoms with Crippen molar-refractivity contribution in [3.8, 4) is 0 Å². The van der Waals surface area contributed by atoms with Gasteiger partial charge in [0.05, 0.1) is 5.69 Å². The lowest BCUT2D eigenvalue weighted by Crippen LogP contribution is -2.23. The van der Waals surface area contributed by atoms with Gasteiger partial charge in [-0.15, -0.1) is 0 Å². The number of rotatable bonds is 7. The van der Waals surface area contributed by atoms with Gasteiger partial charge in [-0.2, -0.15) is 5.10 Å². The predicted molar refractivity (Wildman–Crippen MR) is 91.8 cm³/mol. The Balaban J connectivity index is 2.26. The van der Waals surface area contributed by atoms with Gasteiger partial charge in [0.1, 0.15) is 0 Å². The van der Waals surface area contributed by atoms with Gasteiger partial charge in [-0.1, -0.05) is 41.1 Å². The number of benzene rings is 1. The van der Waals surface area contributed by atoms with Crippen LogP contribution in [0.15, 0.2) is 34.8 Å². The van der Waals surface area contributed by atoms with Crippen molar-refractivity contribution in [3.05, 3.63) is 51.8 Å². The van der Waals surface area contributed by atoms with E-state index in [2.05, 4.69) is 82.1 Å². The van der Waals surface area contributed by atoms with Gasteiger partial charge in [-0.3, -0.25) is 4.68 Å². The number of likely N-dealkylation sites (N-methyl/N-ethyl adjacent to an activating group) is 1. The van der Waals surface area contributed by atoms with E-state index in [1.807, 2.05) is 0 Å². The maximum Gasteiger partial charge on any atom is 0.0596 e. The molecule has 1 unspecified atom stereocenters.